The van der Waals surface area contributed by atoms with E-state index >= 15 is 0 Å². The first-order valence-corrected chi connectivity index (χ1v) is 5.39. The van der Waals surface area contributed by atoms with Gasteiger partial charge in [0.25, 0.3) is 0 Å². The van der Waals surface area contributed by atoms with Crippen LogP contribution in [-0.2, 0) is 6.54 Å². The summed E-state index contributed by atoms with van der Waals surface area (Å²) in [5, 5.41) is 0. The third kappa shape index (κ3) is 2.05. The molecule has 0 aliphatic rings. The fraction of sp³-hybridized carbons (Fsp3) is 0.333. The lowest BCUT2D eigenvalue weighted by molar-refractivity contribution is 0.526. The van der Waals surface area contributed by atoms with Crippen molar-refractivity contribution in [1.82, 2.24) is 14.5 Å². The first kappa shape index (κ1) is 10.7. The number of nitrogens with zero attached hydrogens (tertiary/aromatic N) is 3. The molecule has 16 heavy (non-hydrogen) atoms. The number of aromatic nitrogens is 3. The first-order chi connectivity index (χ1) is 7.68. The largest absolute Gasteiger partial charge is 0.383 e. The number of anilines is 1. The van der Waals surface area contributed by atoms with Crippen LogP contribution in [0.2, 0.25) is 0 Å². The predicted molar refractivity (Wildman–Crippen MR) is 64.7 cm³/mol. The minimum Gasteiger partial charge on any atom is -0.383 e. The smallest absolute Gasteiger partial charge is 0.132 e. The molecule has 0 amide bonds. The second kappa shape index (κ2) is 4.35. The van der Waals surface area contributed by atoms with Gasteiger partial charge >= 0.3 is 0 Å². The molecule has 0 spiro atoms. The molecule has 0 aromatic carbocycles. The van der Waals surface area contributed by atoms with Crippen LogP contribution in [0.15, 0.2) is 30.9 Å². The Hall–Kier alpha value is -1.84. The van der Waals surface area contributed by atoms with Crippen molar-refractivity contribution in [3.05, 3.63) is 30.9 Å². The van der Waals surface area contributed by atoms with E-state index in [-0.39, 0.29) is 0 Å². The normalized spacial score (nSPS) is 10.9. The van der Waals surface area contributed by atoms with Crippen molar-refractivity contribution < 1.29 is 0 Å². The summed E-state index contributed by atoms with van der Waals surface area (Å²) in [6, 6.07) is 3.86. The molecule has 4 heteroatoms. The van der Waals surface area contributed by atoms with E-state index in [0.29, 0.717) is 11.7 Å². The van der Waals surface area contributed by atoms with E-state index < -0.39 is 0 Å². The molecule has 0 aliphatic heterocycles. The van der Waals surface area contributed by atoms with Crippen molar-refractivity contribution in [2.24, 2.45) is 5.92 Å². The standard InChI is InChI=1S/C12H16N4/c1-9(2)7-16-8-14-6-11(16)10-4-3-5-15-12(10)13/h3-6,8-9H,7H2,1-2H3,(H2,13,15). The lowest BCUT2D eigenvalue weighted by atomic mass is 10.1. The number of nitrogens with two attached hydrogens (primary N) is 1. The van der Waals surface area contributed by atoms with Gasteiger partial charge in [-0.15, -0.1) is 0 Å². The summed E-state index contributed by atoms with van der Waals surface area (Å²) in [5.41, 5.74) is 7.83. The topological polar surface area (TPSA) is 56.7 Å². The second-order valence-corrected chi connectivity index (χ2v) is 4.26. The van der Waals surface area contributed by atoms with Crippen molar-refractivity contribution in [3.63, 3.8) is 0 Å². The highest BCUT2D eigenvalue weighted by molar-refractivity contribution is 5.70. The highest BCUT2D eigenvalue weighted by atomic mass is 15.0. The minimum absolute atomic E-state index is 0.549. The number of hydrogen-bond acceptors (Lipinski definition) is 3. The van der Waals surface area contributed by atoms with E-state index in [0.717, 1.165) is 17.8 Å². The van der Waals surface area contributed by atoms with Gasteiger partial charge in [0.1, 0.15) is 5.82 Å². The van der Waals surface area contributed by atoms with Gasteiger partial charge in [0.15, 0.2) is 0 Å². The van der Waals surface area contributed by atoms with Crippen molar-refractivity contribution in [2.75, 3.05) is 5.73 Å². The van der Waals surface area contributed by atoms with Gasteiger partial charge in [-0.1, -0.05) is 13.8 Å². The van der Waals surface area contributed by atoms with Crippen LogP contribution in [0.1, 0.15) is 13.8 Å². The van der Waals surface area contributed by atoms with Crippen LogP contribution < -0.4 is 5.73 Å². The molecule has 0 radical (unpaired) electrons. The van der Waals surface area contributed by atoms with E-state index in [1.165, 1.54) is 0 Å². The fourth-order valence-corrected chi connectivity index (χ4v) is 1.72. The zero-order valence-electron chi connectivity index (χ0n) is 9.59. The van der Waals surface area contributed by atoms with Crippen molar-refractivity contribution in [3.8, 4) is 11.3 Å². The number of hydrogen-bond donors (Lipinski definition) is 1. The van der Waals surface area contributed by atoms with Crippen LogP contribution in [0.25, 0.3) is 11.3 Å². The monoisotopic (exact) mass is 216 g/mol. The summed E-state index contributed by atoms with van der Waals surface area (Å²) in [6.07, 6.45) is 5.36. The van der Waals surface area contributed by atoms with Crippen LogP contribution in [0.3, 0.4) is 0 Å². The van der Waals surface area contributed by atoms with Crippen LogP contribution in [0.4, 0.5) is 5.82 Å². The van der Waals surface area contributed by atoms with Crippen molar-refractivity contribution in [1.29, 1.82) is 0 Å². The van der Waals surface area contributed by atoms with E-state index in [1.54, 1.807) is 6.20 Å². The van der Waals surface area contributed by atoms with E-state index in [2.05, 4.69) is 28.4 Å². The zero-order valence-corrected chi connectivity index (χ0v) is 9.59. The molecule has 0 saturated carbocycles. The molecule has 0 unspecified atom stereocenters. The number of pyridine rings is 1. The molecular weight excluding hydrogens is 200 g/mol. The quantitative estimate of drug-likeness (QED) is 0.855. The average Bonchev–Trinajstić information content (AvgIpc) is 2.66. The van der Waals surface area contributed by atoms with Gasteiger partial charge in [-0.2, -0.15) is 0 Å². The molecular formula is C12H16N4. The summed E-state index contributed by atoms with van der Waals surface area (Å²) in [6.45, 7) is 5.29. The predicted octanol–water partition coefficient (Wildman–Crippen LogP) is 2.18. The lowest BCUT2D eigenvalue weighted by Crippen LogP contribution is -2.05. The number of nitrogen functional groups attached to an aromatic ring is 1. The molecule has 2 rings (SSSR count). The maximum absolute atomic E-state index is 5.86. The Bertz CT molecular complexity index is 473. The van der Waals surface area contributed by atoms with E-state index in [4.69, 9.17) is 5.73 Å². The first-order valence-electron chi connectivity index (χ1n) is 5.39. The Morgan fingerprint density at radius 2 is 2.25 bits per heavy atom. The molecule has 2 N–H and O–H groups in total. The van der Waals surface area contributed by atoms with Gasteiger partial charge in [-0.25, -0.2) is 9.97 Å². The fourth-order valence-electron chi connectivity index (χ4n) is 1.72. The molecule has 2 aromatic heterocycles. The molecule has 0 aliphatic carbocycles. The molecule has 4 nitrogen and oxygen atoms in total. The molecule has 84 valence electrons. The Labute approximate surface area is 95.1 Å². The summed E-state index contributed by atoms with van der Waals surface area (Å²) >= 11 is 0. The van der Waals surface area contributed by atoms with Gasteiger partial charge in [0, 0.05) is 18.3 Å². The van der Waals surface area contributed by atoms with Gasteiger partial charge in [-0.3, -0.25) is 0 Å². The second-order valence-electron chi connectivity index (χ2n) is 4.26. The van der Waals surface area contributed by atoms with Gasteiger partial charge in [0.2, 0.25) is 0 Å². The summed E-state index contributed by atoms with van der Waals surface area (Å²) in [5.74, 6) is 1.12. The zero-order chi connectivity index (χ0) is 11.5. The highest BCUT2D eigenvalue weighted by Crippen LogP contribution is 2.23. The third-order valence-corrected chi connectivity index (χ3v) is 2.39. The maximum Gasteiger partial charge on any atom is 0.132 e. The lowest BCUT2D eigenvalue weighted by Gasteiger charge is -2.11. The number of rotatable bonds is 3. The SMILES string of the molecule is CC(C)Cn1cncc1-c1cccnc1N. The highest BCUT2D eigenvalue weighted by Gasteiger charge is 2.09. The third-order valence-electron chi connectivity index (χ3n) is 2.39. The molecule has 0 bridgehead atoms. The Morgan fingerprint density at radius 3 is 2.94 bits per heavy atom. The summed E-state index contributed by atoms with van der Waals surface area (Å²) in [4.78, 5) is 8.26. The maximum atomic E-state index is 5.86. The van der Waals surface area contributed by atoms with E-state index in [1.807, 2.05) is 24.7 Å². The van der Waals surface area contributed by atoms with Crippen molar-refractivity contribution >= 4 is 5.82 Å². The van der Waals surface area contributed by atoms with Crippen LogP contribution in [0.5, 0.6) is 0 Å². The summed E-state index contributed by atoms with van der Waals surface area (Å²) in [7, 11) is 0. The minimum atomic E-state index is 0.549. The summed E-state index contributed by atoms with van der Waals surface area (Å²) < 4.78 is 2.11. The molecule has 0 saturated heterocycles. The van der Waals surface area contributed by atoms with Gasteiger partial charge in [-0.05, 0) is 18.1 Å². The molecule has 2 heterocycles. The Balaban J connectivity index is 2.41. The van der Waals surface area contributed by atoms with Gasteiger partial charge in [0.05, 0.1) is 18.2 Å². The number of imidazole rings is 1. The van der Waals surface area contributed by atoms with E-state index in [9.17, 15) is 0 Å². The van der Waals surface area contributed by atoms with Crippen LogP contribution in [0, 0.1) is 5.92 Å². The molecule has 2 aromatic rings. The Kier molecular flexibility index (Phi) is 2.90. The van der Waals surface area contributed by atoms with Gasteiger partial charge < -0.3 is 10.3 Å². The molecule has 0 atom stereocenters. The average molecular weight is 216 g/mol. The Morgan fingerprint density at radius 1 is 1.44 bits per heavy atom. The van der Waals surface area contributed by atoms with Crippen LogP contribution in [-0.4, -0.2) is 14.5 Å². The molecule has 0 fully saturated rings. The van der Waals surface area contributed by atoms with Crippen LogP contribution >= 0.6 is 0 Å². The van der Waals surface area contributed by atoms with Crippen molar-refractivity contribution in [2.45, 2.75) is 20.4 Å².